The fourth-order valence-electron chi connectivity index (χ4n) is 3.75. The molecule has 8 nitrogen and oxygen atoms in total. The van der Waals surface area contributed by atoms with Crippen molar-refractivity contribution in [1.29, 1.82) is 0 Å². The lowest BCUT2D eigenvalue weighted by Crippen LogP contribution is -2.22. The molecular formula is C23H22ClN3O5. The molecule has 1 aliphatic carbocycles. The second-order valence-corrected chi connectivity index (χ2v) is 7.83. The van der Waals surface area contributed by atoms with E-state index in [0.717, 1.165) is 12.0 Å². The number of anilines is 1. The van der Waals surface area contributed by atoms with Crippen LogP contribution in [-0.2, 0) is 6.42 Å². The Kier molecular flexibility index (Phi) is 6.05. The third kappa shape index (κ3) is 4.13. The second-order valence-electron chi connectivity index (χ2n) is 7.40. The summed E-state index contributed by atoms with van der Waals surface area (Å²) in [5, 5.41) is 7.59. The first-order valence-electron chi connectivity index (χ1n) is 10.1. The predicted molar refractivity (Wildman–Crippen MR) is 120 cm³/mol. The van der Waals surface area contributed by atoms with Crippen LogP contribution in [0.3, 0.4) is 0 Å². The number of aryl methyl sites for hydroxylation is 2. The van der Waals surface area contributed by atoms with Crippen LogP contribution in [0, 0.1) is 13.8 Å². The van der Waals surface area contributed by atoms with Gasteiger partial charge in [-0.1, -0.05) is 11.6 Å². The summed E-state index contributed by atoms with van der Waals surface area (Å²) in [5.74, 6) is 1.07. The fourth-order valence-corrected chi connectivity index (χ4v) is 3.92. The van der Waals surface area contributed by atoms with Crippen molar-refractivity contribution in [2.45, 2.75) is 33.1 Å². The number of nitrogens with one attached hydrogen (secondary N) is 2. The largest absolute Gasteiger partial charge is 0.495 e. The SMILES string of the molecule is COc1ccc(Cl)cc1NC(=O)c1oc2c(c1C)/C(=N/NC(=O)c1ccoc1C)CCC2. The molecule has 0 unspecified atom stereocenters. The highest BCUT2D eigenvalue weighted by Gasteiger charge is 2.28. The van der Waals surface area contributed by atoms with E-state index in [2.05, 4.69) is 15.8 Å². The molecule has 3 aromatic rings. The zero-order valence-corrected chi connectivity index (χ0v) is 18.6. The molecular weight excluding hydrogens is 434 g/mol. The van der Waals surface area contributed by atoms with Crippen LogP contribution < -0.4 is 15.5 Å². The van der Waals surface area contributed by atoms with Crippen LogP contribution in [0.2, 0.25) is 5.02 Å². The molecule has 0 fully saturated rings. The average molecular weight is 456 g/mol. The summed E-state index contributed by atoms with van der Waals surface area (Å²) in [6.45, 7) is 3.51. The first kappa shape index (κ1) is 21.7. The summed E-state index contributed by atoms with van der Waals surface area (Å²) < 4.78 is 16.4. The number of methoxy groups -OCH3 is 1. The van der Waals surface area contributed by atoms with Crippen molar-refractivity contribution in [2.24, 2.45) is 5.10 Å². The molecule has 2 aromatic heterocycles. The van der Waals surface area contributed by atoms with E-state index in [9.17, 15) is 9.59 Å². The Hall–Kier alpha value is -3.52. The quantitative estimate of drug-likeness (QED) is 0.533. The van der Waals surface area contributed by atoms with Crippen LogP contribution in [0.5, 0.6) is 5.75 Å². The van der Waals surface area contributed by atoms with Gasteiger partial charge in [-0.05, 0) is 51.0 Å². The standard InChI is InChI=1S/C23H22ClN3O5/c1-12-20-16(26-27-22(28)15-9-10-31-13(15)2)5-4-6-19(20)32-21(12)23(29)25-17-11-14(24)7-8-18(17)30-3/h7-11H,4-6H2,1-3H3,(H,25,29)(H,27,28)/b26-16+. The number of fused-ring (bicyclic) bond motifs is 1. The van der Waals surface area contributed by atoms with Gasteiger partial charge in [-0.25, -0.2) is 5.43 Å². The Bertz CT molecular complexity index is 1220. The van der Waals surface area contributed by atoms with E-state index in [1.807, 2.05) is 0 Å². The first-order chi connectivity index (χ1) is 15.4. The Balaban J connectivity index is 1.60. The molecule has 0 aliphatic heterocycles. The van der Waals surface area contributed by atoms with Crippen molar-refractivity contribution >= 4 is 34.8 Å². The smallest absolute Gasteiger partial charge is 0.291 e. The third-order valence-corrected chi connectivity index (χ3v) is 5.57. The molecule has 2 amide bonds. The van der Waals surface area contributed by atoms with Gasteiger partial charge in [0.25, 0.3) is 11.8 Å². The summed E-state index contributed by atoms with van der Waals surface area (Å²) in [6, 6.07) is 6.55. The van der Waals surface area contributed by atoms with Crippen molar-refractivity contribution in [3.05, 3.63) is 69.5 Å². The topological polar surface area (TPSA) is 106 Å². The summed E-state index contributed by atoms with van der Waals surface area (Å²) in [5.41, 5.74) is 5.52. The number of benzene rings is 1. The Morgan fingerprint density at radius 1 is 1.16 bits per heavy atom. The molecule has 0 atom stereocenters. The van der Waals surface area contributed by atoms with Crippen LogP contribution in [0.1, 0.15) is 56.4 Å². The van der Waals surface area contributed by atoms with Crippen molar-refractivity contribution in [1.82, 2.24) is 5.43 Å². The maximum absolute atomic E-state index is 13.0. The summed E-state index contributed by atoms with van der Waals surface area (Å²) >= 11 is 6.06. The molecule has 2 N–H and O–H groups in total. The third-order valence-electron chi connectivity index (χ3n) is 5.34. The van der Waals surface area contributed by atoms with Crippen LogP contribution in [-0.4, -0.2) is 24.6 Å². The molecule has 2 heterocycles. The number of rotatable bonds is 5. The molecule has 9 heteroatoms. The predicted octanol–water partition coefficient (Wildman–Crippen LogP) is 4.87. The lowest BCUT2D eigenvalue weighted by atomic mass is 9.93. The van der Waals surface area contributed by atoms with Gasteiger partial charge in [0.05, 0.1) is 30.3 Å². The number of hydrogen-bond donors (Lipinski definition) is 2. The number of hydrogen-bond acceptors (Lipinski definition) is 6. The van der Waals surface area contributed by atoms with Gasteiger partial charge >= 0.3 is 0 Å². The monoisotopic (exact) mass is 455 g/mol. The molecule has 1 aromatic carbocycles. The summed E-state index contributed by atoms with van der Waals surface area (Å²) in [4.78, 5) is 25.4. The van der Waals surface area contributed by atoms with E-state index in [-0.39, 0.29) is 11.7 Å². The minimum atomic E-state index is -0.421. The zero-order chi connectivity index (χ0) is 22.8. The van der Waals surface area contributed by atoms with Gasteiger partial charge in [0.15, 0.2) is 5.76 Å². The number of hydrazone groups is 1. The van der Waals surface area contributed by atoms with Gasteiger partial charge in [0.2, 0.25) is 0 Å². The molecule has 0 saturated heterocycles. The minimum absolute atomic E-state index is 0.184. The molecule has 1 aliphatic rings. The molecule has 32 heavy (non-hydrogen) atoms. The number of carbonyl (C=O) groups is 2. The van der Waals surface area contributed by atoms with E-state index in [4.69, 9.17) is 25.2 Å². The lowest BCUT2D eigenvalue weighted by Gasteiger charge is -2.13. The number of ether oxygens (including phenoxy) is 1. The number of furan rings is 2. The fraction of sp³-hybridized carbons (Fsp3) is 0.261. The van der Waals surface area contributed by atoms with Crippen LogP contribution in [0.15, 0.2) is 44.5 Å². The van der Waals surface area contributed by atoms with E-state index in [0.29, 0.717) is 57.7 Å². The Morgan fingerprint density at radius 2 is 1.97 bits per heavy atom. The van der Waals surface area contributed by atoms with Gasteiger partial charge in [0, 0.05) is 22.6 Å². The second kappa shape index (κ2) is 8.92. The molecule has 0 bridgehead atoms. The van der Waals surface area contributed by atoms with Crippen molar-refractivity contribution in [3.63, 3.8) is 0 Å². The number of halogens is 1. The highest BCUT2D eigenvalue weighted by atomic mass is 35.5. The molecule has 0 saturated carbocycles. The molecule has 0 spiro atoms. The van der Waals surface area contributed by atoms with Gasteiger partial charge < -0.3 is 18.9 Å². The van der Waals surface area contributed by atoms with Gasteiger partial charge in [0.1, 0.15) is 17.3 Å². The maximum atomic E-state index is 13.0. The number of carbonyl (C=O) groups excluding carboxylic acids is 2. The van der Waals surface area contributed by atoms with Crippen molar-refractivity contribution in [2.75, 3.05) is 12.4 Å². The molecule has 4 rings (SSSR count). The Labute approximate surface area is 189 Å². The van der Waals surface area contributed by atoms with E-state index in [1.54, 1.807) is 38.1 Å². The van der Waals surface area contributed by atoms with E-state index >= 15 is 0 Å². The number of amides is 2. The van der Waals surface area contributed by atoms with Crippen LogP contribution >= 0.6 is 11.6 Å². The van der Waals surface area contributed by atoms with Crippen LogP contribution in [0.4, 0.5) is 5.69 Å². The van der Waals surface area contributed by atoms with Gasteiger partial charge in [-0.2, -0.15) is 5.10 Å². The van der Waals surface area contributed by atoms with Gasteiger partial charge in [-0.3, -0.25) is 9.59 Å². The van der Waals surface area contributed by atoms with Crippen molar-refractivity contribution in [3.8, 4) is 5.75 Å². The van der Waals surface area contributed by atoms with Crippen LogP contribution in [0.25, 0.3) is 0 Å². The highest BCUT2D eigenvalue weighted by Crippen LogP contribution is 2.32. The van der Waals surface area contributed by atoms with Gasteiger partial charge in [-0.15, -0.1) is 0 Å². The molecule has 0 radical (unpaired) electrons. The molecule has 166 valence electrons. The maximum Gasteiger partial charge on any atom is 0.291 e. The summed E-state index contributed by atoms with van der Waals surface area (Å²) in [7, 11) is 1.51. The van der Waals surface area contributed by atoms with E-state index in [1.165, 1.54) is 13.4 Å². The Morgan fingerprint density at radius 3 is 2.69 bits per heavy atom. The average Bonchev–Trinajstić information content (AvgIpc) is 3.35. The first-order valence-corrected chi connectivity index (χ1v) is 10.5. The minimum Gasteiger partial charge on any atom is -0.495 e. The van der Waals surface area contributed by atoms with E-state index < -0.39 is 5.91 Å². The summed E-state index contributed by atoms with van der Waals surface area (Å²) in [6.07, 6.45) is 3.58. The normalized spacial score (nSPS) is 14.2. The highest BCUT2D eigenvalue weighted by molar-refractivity contribution is 6.31. The zero-order valence-electron chi connectivity index (χ0n) is 17.9. The number of nitrogens with zero attached hydrogens (tertiary/aromatic N) is 1. The lowest BCUT2D eigenvalue weighted by molar-refractivity contribution is 0.0952. The van der Waals surface area contributed by atoms with Crippen molar-refractivity contribution < 1.29 is 23.2 Å².